The second-order valence-corrected chi connectivity index (χ2v) is 10.5. The largest absolute Gasteiger partial charge is 0.394 e. The first kappa shape index (κ1) is 25.8. The van der Waals surface area contributed by atoms with Gasteiger partial charge in [0.15, 0.2) is 0 Å². The van der Waals surface area contributed by atoms with Gasteiger partial charge in [0.05, 0.1) is 18.5 Å². The number of aliphatic hydroxyl groups is 1. The van der Waals surface area contributed by atoms with Gasteiger partial charge in [0.2, 0.25) is 5.91 Å². The van der Waals surface area contributed by atoms with Crippen LogP contribution in [0, 0.1) is 23.6 Å². The molecule has 202 valence electrons. The molecule has 2 fully saturated rings. The quantitative estimate of drug-likeness (QED) is 0.302. The number of aromatic nitrogens is 5. The number of hydrogen-bond donors (Lipinski definition) is 4. The number of nitrogens with one attached hydrogen (secondary N) is 3. The van der Waals surface area contributed by atoms with Crippen molar-refractivity contribution >= 4 is 17.5 Å². The monoisotopic (exact) mass is 525 g/mol. The van der Waals surface area contributed by atoms with Gasteiger partial charge in [0.25, 0.3) is 11.5 Å². The van der Waals surface area contributed by atoms with Crippen LogP contribution in [0.25, 0.3) is 0 Å². The van der Waals surface area contributed by atoms with Crippen molar-refractivity contribution in [2.24, 2.45) is 17.8 Å². The number of aliphatic hydroxyl groups excluding tert-OH is 1. The summed E-state index contributed by atoms with van der Waals surface area (Å²) in [6.45, 7) is 3.36. The van der Waals surface area contributed by atoms with Gasteiger partial charge in [0, 0.05) is 30.2 Å². The zero-order chi connectivity index (χ0) is 27.0. The van der Waals surface area contributed by atoms with Crippen molar-refractivity contribution in [3.63, 3.8) is 0 Å². The third-order valence-electron chi connectivity index (χ3n) is 7.30. The molecule has 0 spiro atoms. The lowest BCUT2D eigenvalue weighted by molar-refractivity contribution is -0.119. The van der Waals surface area contributed by atoms with Crippen LogP contribution in [-0.2, 0) is 4.79 Å². The summed E-state index contributed by atoms with van der Waals surface area (Å²) in [6, 6.07) is 0.971. The van der Waals surface area contributed by atoms with Gasteiger partial charge in [-0.2, -0.15) is 10.2 Å². The van der Waals surface area contributed by atoms with Crippen LogP contribution in [0.5, 0.6) is 0 Å². The molecule has 0 aliphatic heterocycles. The topological polar surface area (TPSA) is 147 Å². The summed E-state index contributed by atoms with van der Waals surface area (Å²) in [5, 5.41) is 24.2. The molecule has 0 saturated heterocycles. The van der Waals surface area contributed by atoms with Gasteiger partial charge in [-0.05, 0) is 69.4 Å². The van der Waals surface area contributed by atoms with E-state index >= 15 is 0 Å². The summed E-state index contributed by atoms with van der Waals surface area (Å²) in [4.78, 5) is 41.4. The highest BCUT2D eigenvalue weighted by Crippen LogP contribution is 2.51. The number of carbonyl (C=O) groups excluding carboxylic acids is 2. The lowest BCUT2D eigenvalue weighted by Gasteiger charge is -2.27. The minimum Gasteiger partial charge on any atom is -0.394 e. The van der Waals surface area contributed by atoms with Gasteiger partial charge < -0.3 is 20.7 Å². The number of halogens is 1. The van der Waals surface area contributed by atoms with Gasteiger partial charge in [-0.15, -0.1) is 0 Å². The lowest BCUT2D eigenvalue weighted by atomic mass is 9.88. The van der Waals surface area contributed by atoms with Crippen molar-refractivity contribution in [1.82, 2.24) is 29.9 Å². The zero-order valence-electron chi connectivity index (χ0n) is 21.3. The van der Waals surface area contributed by atoms with E-state index in [-0.39, 0.29) is 29.3 Å². The van der Waals surface area contributed by atoms with E-state index in [1.165, 1.54) is 17.1 Å². The minimum absolute atomic E-state index is 0.00270. The van der Waals surface area contributed by atoms with Crippen molar-refractivity contribution in [3.8, 4) is 0 Å². The summed E-state index contributed by atoms with van der Waals surface area (Å²) in [5.41, 5.74) is 0.176. The number of H-pyrrole nitrogens is 1. The standard InChI is InChI=1S/C26H32FN7O4/c1-14(2)34-20(7-8-29-34)25(37)32-23(22(15-3-4-15)16-5-6-16)26(38)31-18-11-30-33(12-18)21(13-35)19-9-17(27)10-28-24(19)36/h7-12,14-16,21-23,35H,3-6,13H2,1-2H3,(H,28,36)(H,31,38)(H,32,37)/t21?,23-/m0/s1. The molecule has 1 unspecified atom stereocenters. The summed E-state index contributed by atoms with van der Waals surface area (Å²) >= 11 is 0. The van der Waals surface area contributed by atoms with Gasteiger partial charge >= 0.3 is 0 Å². The molecule has 3 heterocycles. The third-order valence-corrected chi connectivity index (χ3v) is 7.30. The molecule has 5 rings (SSSR count). The van der Waals surface area contributed by atoms with Gasteiger partial charge in [0.1, 0.15) is 23.6 Å². The molecule has 0 bridgehead atoms. The van der Waals surface area contributed by atoms with E-state index in [0.29, 0.717) is 23.2 Å². The lowest BCUT2D eigenvalue weighted by Crippen LogP contribution is -2.50. The predicted molar refractivity (Wildman–Crippen MR) is 136 cm³/mol. The van der Waals surface area contributed by atoms with Crippen LogP contribution in [0.3, 0.4) is 0 Å². The normalized spacial score (nSPS) is 17.0. The maximum absolute atomic E-state index is 13.7. The maximum atomic E-state index is 13.7. The Balaban J connectivity index is 1.37. The molecule has 12 heteroatoms. The molecule has 0 aromatic carbocycles. The van der Waals surface area contributed by atoms with Crippen LogP contribution in [0.2, 0.25) is 0 Å². The molecule has 4 N–H and O–H groups in total. The van der Waals surface area contributed by atoms with Crippen molar-refractivity contribution in [2.75, 3.05) is 11.9 Å². The van der Waals surface area contributed by atoms with Crippen molar-refractivity contribution in [2.45, 2.75) is 57.7 Å². The average molecular weight is 526 g/mol. The molecule has 2 saturated carbocycles. The number of amides is 2. The van der Waals surface area contributed by atoms with E-state index in [4.69, 9.17) is 0 Å². The van der Waals surface area contributed by atoms with Gasteiger partial charge in [-0.1, -0.05) is 0 Å². The van der Waals surface area contributed by atoms with E-state index in [2.05, 4.69) is 25.8 Å². The molecule has 11 nitrogen and oxygen atoms in total. The van der Waals surface area contributed by atoms with Gasteiger partial charge in [-0.25, -0.2) is 4.39 Å². The van der Waals surface area contributed by atoms with Crippen LogP contribution >= 0.6 is 0 Å². The predicted octanol–water partition coefficient (Wildman–Crippen LogP) is 2.24. The summed E-state index contributed by atoms with van der Waals surface area (Å²) < 4.78 is 16.7. The fourth-order valence-electron chi connectivity index (χ4n) is 5.19. The Bertz CT molecular complexity index is 1360. The van der Waals surface area contributed by atoms with Crippen molar-refractivity contribution in [1.29, 1.82) is 0 Å². The highest BCUT2D eigenvalue weighted by molar-refractivity contribution is 6.00. The average Bonchev–Trinajstić information content (AvgIpc) is 3.81. The number of aromatic amines is 1. The number of anilines is 1. The Morgan fingerprint density at radius 1 is 1.21 bits per heavy atom. The van der Waals surface area contributed by atoms with Crippen molar-refractivity contribution < 1.29 is 19.1 Å². The SMILES string of the molecule is CC(C)n1nccc1C(=O)N[C@H](C(=O)Nc1cnn(C(CO)c2cc(F)c[nH]c2=O)c1)C(C1CC1)C1CC1. The molecule has 2 amide bonds. The molecular weight excluding hydrogens is 493 g/mol. The van der Waals surface area contributed by atoms with Gasteiger partial charge in [-0.3, -0.25) is 23.7 Å². The van der Waals surface area contributed by atoms with Crippen molar-refractivity contribution in [3.05, 3.63) is 64.3 Å². The molecular formula is C26H32FN7O4. The molecule has 3 aromatic rings. The maximum Gasteiger partial charge on any atom is 0.270 e. The molecule has 2 aliphatic rings. The Labute approximate surface area is 218 Å². The fourth-order valence-corrected chi connectivity index (χ4v) is 5.19. The third kappa shape index (κ3) is 5.40. The molecule has 0 radical (unpaired) electrons. The number of pyridine rings is 1. The highest BCUT2D eigenvalue weighted by atomic mass is 19.1. The summed E-state index contributed by atoms with van der Waals surface area (Å²) in [5.74, 6) is -0.572. The first-order valence-electron chi connectivity index (χ1n) is 12.9. The highest BCUT2D eigenvalue weighted by Gasteiger charge is 2.48. The molecule has 2 aliphatic carbocycles. The molecule has 3 aromatic heterocycles. The smallest absolute Gasteiger partial charge is 0.270 e. The molecule has 2 atom stereocenters. The number of nitrogens with zero attached hydrogens (tertiary/aromatic N) is 4. The number of rotatable bonds is 11. The van der Waals surface area contributed by atoms with E-state index in [1.807, 2.05) is 13.8 Å². The van der Waals surface area contributed by atoms with Crippen LogP contribution in [-0.4, -0.2) is 54.1 Å². The summed E-state index contributed by atoms with van der Waals surface area (Å²) in [6.07, 6.45) is 9.49. The van der Waals surface area contributed by atoms with E-state index in [9.17, 15) is 23.9 Å². The number of carbonyl (C=O) groups is 2. The fraction of sp³-hybridized carbons (Fsp3) is 0.500. The Morgan fingerprint density at radius 3 is 2.55 bits per heavy atom. The van der Waals surface area contributed by atoms with E-state index < -0.39 is 30.1 Å². The Kier molecular flexibility index (Phi) is 7.15. The minimum atomic E-state index is -0.947. The first-order valence-corrected chi connectivity index (χ1v) is 12.9. The van der Waals surface area contributed by atoms with E-state index in [0.717, 1.165) is 37.9 Å². The van der Waals surface area contributed by atoms with Crippen LogP contribution < -0.4 is 16.2 Å². The van der Waals surface area contributed by atoms with Crippen LogP contribution in [0.15, 0.2) is 41.7 Å². The molecule has 38 heavy (non-hydrogen) atoms. The second-order valence-electron chi connectivity index (χ2n) is 10.5. The van der Waals surface area contributed by atoms with Crippen LogP contribution in [0.4, 0.5) is 10.1 Å². The Morgan fingerprint density at radius 2 is 1.92 bits per heavy atom. The van der Waals surface area contributed by atoms with E-state index in [1.54, 1.807) is 16.9 Å². The number of hydrogen-bond acceptors (Lipinski definition) is 6. The second kappa shape index (κ2) is 10.5. The zero-order valence-corrected chi connectivity index (χ0v) is 21.3. The summed E-state index contributed by atoms with van der Waals surface area (Å²) in [7, 11) is 0. The Hall–Kier alpha value is -3.80. The first-order chi connectivity index (χ1) is 18.3. The van der Waals surface area contributed by atoms with Crippen LogP contribution in [0.1, 0.15) is 67.7 Å².